The molecule has 2 aliphatic carbocycles. The molecule has 0 spiro atoms. The number of nitrogens with one attached hydrogen (secondary N) is 2. The summed E-state index contributed by atoms with van der Waals surface area (Å²) in [6.45, 7) is 0. The first-order valence-corrected chi connectivity index (χ1v) is 11.4. The van der Waals surface area contributed by atoms with E-state index in [9.17, 15) is 4.79 Å². The maximum atomic E-state index is 12.9. The molecule has 31 heavy (non-hydrogen) atoms. The van der Waals surface area contributed by atoms with E-state index in [2.05, 4.69) is 15.8 Å². The molecule has 2 N–H and O–H groups in total. The highest BCUT2D eigenvalue weighted by atomic mass is 16.7. The SMILES string of the molecule is O=C(NOC1CCC(CCC2CCC2)C1)c1oc2ccncc2c1Nc1ccccc1. The summed E-state index contributed by atoms with van der Waals surface area (Å²) in [5.41, 5.74) is 4.72. The van der Waals surface area contributed by atoms with E-state index in [0.29, 0.717) is 11.3 Å². The Morgan fingerprint density at radius 3 is 2.71 bits per heavy atom. The zero-order valence-electron chi connectivity index (χ0n) is 17.7. The van der Waals surface area contributed by atoms with E-state index in [1.54, 1.807) is 18.5 Å². The van der Waals surface area contributed by atoms with Crippen LogP contribution in [0.2, 0.25) is 0 Å². The molecule has 2 fully saturated rings. The van der Waals surface area contributed by atoms with Crippen molar-refractivity contribution in [2.45, 2.75) is 57.5 Å². The summed E-state index contributed by atoms with van der Waals surface area (Å²) in [6.07, 6.45) is 13.5. The van der Waals surface area contributed by atoms with Crippen LogP contribution in [0.25, 0.3) is 11.0 Å². The first kappa shape index (κ1) is 20.1. The van der Waals surface area contributed by atoms with Gasteiger partial charge in [-0.05, 0) is 49.3 Å². The molecule has 3 aromatic rings. The Morgan fingerprint density at radius 2 is 1.90 bits per heavy atom. The van der Waals surface area contributed by atoms with Gasteiger partial charge in [0, 0.05) is 18.1 Å². The molecule has 6 nitrogen and oxygen atoms in total. The Morgan fingerprint density at radius 1 is 1.06 bits per heavy atom. The molecule has 2 unspecified atom stereocenters. The molecule has 2 atom stereocenters. The number of carbonyl (C=O) groups is 1. The first-order valence-electron chi connectivity index (χ1n) is 11.4. The van der Waals surface area contributed by atoms with Crippen LogP contribution in [0.3, 0.4) is 0 Å². The zero-order valence-corrected chi connectivity index (χ0v) is 17.7. The molecular weight excluding hydrogens is 390 g/mol. The van der Waals surface area contributed by atoms with Gasteiger partial charge >= 0.3 is 5.91 Å². The number of furan rings is 1. The summed E-state index contributed by atoms with van der Waals surface area (Å²) in [5, 5.41) is 4.06. The van der Waals surface area contributed by atoms with Crippen LogP contribution >= 0.6 is 0 Å². The summed E-state index contributed by atoms with van der Waals surface area (Å²) >= 11 is 0. The predicted molar refractivity (Wildman–Crippen MR) is 120 cm³/mol. The van der Waals surface area contributed by atoms with Crippen LogP contribution in [0.15, 0.2) is 53.2 Å². The van der Waals surface area contributed by atoms with E-state index < -0.39 is 0 Å². The summed E-state index contributed by atoms with van der Waals surface area (Å²) in [7, 11) is 0. The fourth-order valence-electron chi connectivity index (χ4n) is 4.73. The van der Waals surface area contributed by atoms with Gasteiger partial charge < -0.3 is 9.73 Å². The van der Waals surface area contributed by atoms with Crippen molar-refractivity contribution >= 4 is 28.3 Å². The first-order chi connectivity index (χ1) is 15.3. The van der Waals surface area contributed by atoms with Crippen LogP contribution in [-0.2, 0) is 4.84 Å². The Balaban J connectivity index is 1.23. The number of pyridine rings is 1. The van der Waals surface area contributed by atoms with Crippen LogP contribution < -0.4 is 10.8 Å². The van der Waals surface area contributed by atoms with Crippen molar-refractivity contribution in [2.24, 2.45) is 11.8 Å². The Kier molecular flexibility index (Phi) is 5.89. The van der Waals surface area contributed by atoms with Gasteiger partial charge in [-0.25, -0.2) is 5.48 Å². The quantitative estimate of drug-likeness (QED) is 0.439. The van der Waals surface area contributed by atoms with Crippen LogP contribution in [0, 0.1) is 11.8 Å². The number of hydrogen-bond acceptors (Lipinski definition) is 5. The lowest BCUT2D eigenvalue weighted by atomic mass is 9.80. The number of benzene rings is 1. The number of nitrogens with zero attached hydrogens (tertiary/aromatic N) is 1. The van der Waals surface area contributed by atoms with Gasteiger partial charge in [0.2, 0.25) is 5.76 Å². The molecular formula is C25H29N3O3. The van der Waals surface area contributed by atoms with Crippen molar-refractivity contribution in [3.05, 3.63) is 54.6 Å². The number of hydrogen-bond donors (Lipinski definition) is 2. The molecule has 0 bridgehead atoms. The van der Waals surface area contributed by atoms with E-state index in [1.165, 1.54) is 38.5 Å². The van der Waals surface area contributed by atoms with Gasteiger partial charge in [0.05, 0.1) is 11.5 Å². The third kappa shape index (κ3) is 4.59. The minimum atomic E-state index is -0.382. The highest BCUT2D eigenvalue weighted by molar-refractivity contribution is 6.06. The molecule has 0 saturated heterocycles. The number of carbonyl (C=O) groups excluding carboxylic acids is 1. The lowest BCUT2D eigenvalue weighted by molar-refractivity contribution is -0.0156. The largest absolute Gasteiger partial charge is 0.448 e. The molecule has 2 saturated carbocycles. The Labute approximate surface area is 182 Å². The topological polar surface area (TPSA) is 76.4 Å². The predicted octanol–water partition coefficient (Wildman–Crippen LogP) is 5.98. The lowest BCUT2D eigenvalue weighted by Crippen LogP contribution is -2.28. The standard InChI is InChI=1S/C25H29N3O3/c29-25(28-31-20-12-11-18(15-20)10-9-17-5-4-6-17)24-23(27-19-7-2-1-3-8-19)21-16-26-14-13-22(21)30-24/h1-3,7-8,13-14,16-18,20,27H,4-6,9-12,15H2,(H,28,29). The Hall–Kier alpha value is -2.86. The fourth-order valence-corrected chi connectivity index (χ4v) is 4.73. The molecule has 2 aromatic heterocycles. The normalized spacial score (nSPS) is 21.2. The minimum Gasteiger partial charge on any atom is -0.448 e. The van der Waals surface area contributed by atoms with Crippen molar-refractivity contribution in [1.82, 2.24) is 10.5 Å². The number of rotatable bonds is 8. The molecule has 162 valence electrons. The zero-order chi connectivity index (χ0) is 21.0. The van der Waals surface area contributed by atoms with Gasteiger partial charge in [-0.15, -0.1) is 0 Å². The highest BCUT2D eigenvalue weighted by Crippen LogP contribution is 2.37. The van der Waals surface area contributed by atoms with Crippen LogP contribution in [0.4, 0.5) is 11.4 Å². The summed E-state index contributed by atoms with van der Waals surface area (Å²) in [5.74, 6) is 1.49. The summed E-state index contributed by atoms with van der Waals surface area (Å²) in [4.78, 5) is 22.9. The van der Waals surface area contributed by atoms with Gasteiger partial charge in [-0.3, -0.25) is 14.6 Å². The minimum absolute atomic E-state index is 0.0759. The number of amides is 1. The number of hydroxylamine groups is 1. The van der Waals surface area contributed by atoms with E-state index in [0.717, 1.165) is 35.8 Å². The van der Waals surface area contributed by atoms with E-state index in [1.807, 2.05) is 30.3 Å². The molecule has 2 aliphatic rings. The van der Waals surface area contributed by atoms with Crippen molar-refractivity contribution in [3.63, 3.8) is 0 Å². The van der Waals surface area contributed by atoms with Crippen molar-refractivity contribution < 1.29 is 14.0 Å². The van der Waals surface area contributed by atoms with Gasteiger partial charge in [0.25, 0.3) is 0 Å². The van der Waals surface area contributed by atoms with Crippen LogP contribution in [-0.4, -0.2) is 17.0 Å². The number of fused-ring (bicyclic) bond motifs is 1. The molecule has 1 amide bonds. The highest BCUT2D eigenvalue weighted by Gasteiger charge is 2.29. The number of para-hydroxylation sites is 1. The van der Waals surface area contributed by atoms with Crippen LogP contribution in [0.5, 0.6) is 0 Å². The van der Waals surface area contributed by atoms with Crippen molar-refractivity contribution in [1.29, 1.82) is 0 Å². The molecule has 0 radical (unpaired) electrons. The Bertz CT molecular complexity index is 1030. The monoisotopic (exact) mass is 419 g/mol. The average Bonchev–Trinajstić information content (AvgIpc) is 3.37. The molecule has 0 aliphatic heterocycles. The van der Waals surface area contributed by atoms with Gasteiger partial charge in [-0.1, -0.05) is 50.3 Å². The lowest BCUT2D eigenvalue weighted by Gasteiger charge is -2.26. The average molecular weight is 420 g/mol. The second-order valence-electron chi connectivity index (χ2n) is 8.89. The summed E-state index contributed by atoms with van der Waals surface area (Å²) < 4.78 is 5.86. The van der Waals surface area contributed by atoms with Crippen molar-refractivity contribution in [3.8, 4) is 0 Å². The second-order valence-corrected chi connectivity index (χ2v) is 8.89. The molecule has 2 heterocycles. The van der Waals surface area contributed by atoms with Crippen LogP contribution in [0.1, 0.15) is 61.9 Å². The third-order valence-corrected chi connectivity index (χ3v) is 6.76. The van der Waals surface area contributed by atoms with Gasteiger partial charge in [0.15, 0.2) is 0 Å². The maximum Gasteiger partial charge on any atom is 0.312 e. The van der Waals surface area contributed by atoms with E-state index >= 15 is 0 Å². The molecule has 5 rings (SSSR count). The van der Waals surface area contributed by atoms with E-state index in [4.69, 9.17) is 9.25 Å². The third-order valence-electron chi connectivity index (χ3n) is 6.76. The fraction of sp³-hybridized carbons (Fsp3) is 0.440. The summed E-state index contributed by atoms with van der Waals surface area (Å²) in [6, 6.07) is 11.5. The maximum absolute atomic E-state index is 12.9. The molecule has 1 aromatic carbocycles. The van der Waals surface area contributed by atoms with Crippen molar-refractivity contribution in [2.75, 3.05) is 5.32 Å². The van der Waals surface area contributed by atoms with E-state index in [-0.39, 0.29) is 17.8 Å². The van der Waals surface area contributed by atoms with Gasteiger partial charge in [-0.2, -0.15) is 0 Å². The van der Waals surface area contributed by atoms with Gasteiger partial charge in [0.1, 0.15) is 11.3 Å². The second kappa shape index (κ2) is 9.10. The number of aromatic nitrogens is 1. The molecule has 6 heteroatoms. The number of anilines is 2. The smallest absolute Gasteiger partial charge is 0.312 e.